The minimum atomic E-state index is -0.279. The molecule has 0 atom stereocenters. The van der Waals surface area contributed by atoms with Gasteiger partial charge < -0.3 is 14.8 Å². The lowest BCUT2D eigenvalue weighted by Gasteiger charge is -2.11. The average molecular weight is 329 g/mol. The van der Waals surface area contributed by atoms with Gasteiger partial charge >= 0.3 is 0 Å². The number of benzene rings is 2. The summed E-state index contributed by atoms with van der Waals surface area (Å²) in [6, 6.07) is 11.3. The van der Waals surface area contributed by atoms with E-state index in [0.29, 0.717) is 36.6 Å². The number of methoxy groups -OCH3 is 1. The van der Waals surface area contributed by atoms with E-state index in [1.54, 1.807) is 30.3 Å². The van der Waals surface area contributed by atoms with Gasteiger partial charge in [0.15, 0.2) is 11.5 Å². The zero-order valence-electron chi connectivity index (χ0n) is 13.5. The highest BCUT2D eigenvalue weighted by Crippen LogP contribution is 2.28. The van der Waals surface area contributed by atoms with E-state index in [0.717, 1.165) is 5.56 Å². The molecule has 0 saturated carbocycles. The molecule has 0 unspecified atom stereocenters. The molecule has 0 saturated heterocycles. The van der Waals surface area contributed by atoms with Gasteiger partial charge in [0.05, 0.1) is 7.11 Å². The Kier molecular flexibility index (Phi) is 6.37. The Morgan fingerprint density at radius 1 is 1.25 bits per heavy atom. The van der Waals surface area contributed by atoms with E-state index in [9.17, 15) is 9.18 Å². The van der Waals surface area contributed by atoms with Crippen LogP contribution in [0.15, 0.2) is 55.1 Å². The molecule has 0 aromatic heterocycles. The molecule has 0 aliphatic heterocycles. The Morgan fingerprint density at radius 3 is 2.79 bits per heavy atom. The van der Waals surface area contributed by atoms with Crippen LogP contribution in [0.25, 0.3) is 0 Å². The Hall–Kier alpha value is -2.82. The Balaban J connectivity index is 1.95. The number of hydrogen-bond acceptors (Lipinski definition) is 3. The van der Waals surface area contributed by atoms with Crippen molar-refractivity contribution >= 4 is 5.91 Å². The van der Waals surface area contributed by atoms with Gasteiger partial charge in [-0.05, 0) is 42.3 Å². The smallest absolute Gasteiger partial charge is 0.251 e. The summed E-state index contributed by atoms with van der Waals surface area (Å²) >= 11 is 0. The summed E-state index contributed by atoms with van der Waals surface area (Å²) in [7, 11) is 1.52. The largest absolute Gasteiger partial charge is 0.493 e. The lowest BCUT2D eigenvalue weighted by Crippen LogP contribution is -2.25. The highest BCUT2D eigenvalue weighted by molar-refractivity contribution is 5.94. The highest BCUT2D eigenvalue weighted by atomic mass is 19.1. The molecule has 24 heavy (non-hydrogen) atoms. The molecular formula is C19H20FNO3. The van der Waals surface area contributed by atoms with E-state index in [1.807, 2.05) is 6.07 Å². The number of ether oxygens (including phenoxy) is 2. The topological polar surface area (TPSA) is 47.6 Å². The third-order valence-corrected chi connectivity index (χ3v) is 3.37. The van der Waals surface area contributed by atoms with E-state index in [1.165, 1.54) is 19.2 Å². The fourth-order valence-corrected chi connectivity index (χ4v) is 2.19. The summed E-state index contributed by atoms with van der Waals surface area (Å²) < 4.78 is 23.8. The van der Waals surface area contributed by atoms with Gasteiger partial charge in [0.1, 0.15) is 12.4 Å². The molecule has 0 radical (unpaired) electrons. The van der Waals surface area contributed by atoms with Crippen molar-refractivity contribution in [3.63, 3.8) is 0 Å². The van der Waals surface area contributed by atoms with E-state index in [-0.39, 0.29) is 11.7 Å². The van der Waals surface area contributed by atoms with Gasteiger partial charge in [-0.25, -0.2) is 4.39 Å². The second-order valence-corrected chi connectivity index (χ2v) is 5.10. The number of hydrogen-bond donors (Lipinski definition) is 1. The molecule has 2 aromatic carbocycles. The summed E-state index contributed by atoms with van der Waals surface area (Å²) in [6.45, 7) is 4.36. The molecule has 0 spiro atoms. The van der Waals surface area contributed by atoms with E-state index < -0.39 is 0 Å². The molecule has 1 amide bonds. The van der Waals surface area contributed by atoms with Gasteiger partial charge in [-0.2, -0.15) is 0 Å². The van der Waals surface area contributed by atoms with Crippen molar-refractivity contribution in [3.05, 3.63) is 72.1 Å². The van der Waals surface area contributed by atoms with Crippen molar-refractivity contribution in [1.29, 1.82) is 0 Å². The minimum Gasteiger partial charge on any atom is -0.493 e. The molecule has 2 aromatic rings. The maximum Gasteiger partial charge on any atom is 0.251 e. The summed E-state index contributed by atoms with van der Waals surface area (Å²) in [6.07, 6.45) is 2.19. The van der Waals surface area contributed by atoms with Crippen molar-refractivity contribution in [2.45, 2.75) is 6.42 Å². The van der Waals surface area contributed by atoms with Crippen molar-refractivity contribution in [2.75, 3.05) is 20.3 Å². The third kappa shape index (κ3) is 4.84. The van der Waals surface area contributed by atoms with Crippen LogP contribution < -0.4 is 14.8 Å². The van der Waals surface area contributed by atoms with Crippen LogP contribution in [-0.2, 0) is 6.42 Å². The molecule has 0 aliphatic rings. The SMILES string of the molecule is C=CCOc1ccc(C(=O)NCCc2cccc(F)c2)cc1OC. The molecule has 126 valence electrons. The van der Waals surface area contributed by atoms with Gasteiger partial charge in [-0.3, -0.25) is 4.79 Å². The number of halogens is 1. The first-order chi connectivity index (χ1) is 11.6. The maximum atomic E-state index is 13.1. The second-order valence-electron chi connectivity index (χ2n) is 5.10. The fraction of sp³-hybridized carbons (Fsp3) is 0.211. The van der Waals surface area contributed by atoms with Crippen molar-refractivity contribution in [2.24, 2.45) is 0 Å². The Bertz CT molecular complexity index is 716. The number of carbonyl (C=O) groups excluding carboxylic acids is 1. The van der Waals surface area contributed by atoms with Gasteiger partial charge in [0.2, 0.25) is 0 Å². The van der Waals surface area contributed by atoms with Crippen LogP contribution in [0, 0.1) is 5.82 Å². The summed E-state index contributed by atoms with van der Waals surface area (Å²) in [5, 5.41) is 2.81. The number of carbonyl (C=O) groups is 1. The van der Waals surface area contributed by atoms with Crippen LogP contribution in [0.3, 0.4) is 0 Å². The molecule has 0 heterocycles. The first kappa shape index (κ1) is 17.5. The molecule has 0 fully saturated rings. The third-order valence-electron chi connectivity index (χ3n) is 3.37. The van der Waals surface area contributed by atoms with Crippen LogP contribution in [0.5, 0.6) is 11.5 Å². The fourth-order valence-electron chi connectivity index (χ4n) is 2.19. The molecule has 0 aliphatic carbocycles. The monoisotopic (exact) mass is 329 g/mol. The summed E-state index contributed by atoms with van der Waals surface area (Å²) in [4.78, 5) is 12.2. The number of nitrogens with one attached hydrogen (secondary N) is 1. The van der Waals surface area contributed by atoms with Crippen LogP contribution in [0.4, 0.5) is 4.39 Å². The number of amides is 1. The first-order valence-electron chi connectivity index (χ1n) is 7.58. The Labute approximate surface area is 140 Å². The molecule has 1 N–H and O–H groups in total. The molecule has 5 heteroatoms. The highest BCUT2D eigenvalue weighted by Gasteiger charge is 2.10. The average Bonchev–Trinajstić information content (AvgIpc) is 2.59. The van der Waals surface area contributed by atoms with E-state index in [4.69, 9.17) is 9.47 Å². The standard InChI is InChI=1S/C19H20FNO3/c1-3-11-24-17-8-7-15(13-18(17)23-2)19(22)21-10-9-14-5-4-6-16(20)12-14/h3-8,12-13H,1,9-11H2,2H3,(H,21,22). The lowest BCUT2D eigenvalue weighted by atomic mass is 10.1. The normalized spacial score (nSPS) is 10.1. The molecular weight excluding hydrogens is 309 g/mol. The van der Waals surface area contributed by atoms with Crippen LogP contribution >= 0.6 is 0 Å². The van der Waals surface area contributed by atoms with Crippen molar-refractivity contribution in [3.8, 4) is 11.5 Å². The zero-order valence-corrected chi connectivity index (χ0v) is 13.5. The van der Waals surface area contributed by atoms with E-state index >= 15 is 0 Å². The quantitative estimate of drug-likeness (QED) is 0.755. The van der Waals surface area contributed by atoms with Gasteiger partial charge in [0.25, 0.3) is 5.91 Å². The van der Waals surface area contributed by atoms with Crippen molar-refractivity contribution in [1.82, 2.24) is 5.32 Å². The maximum absolute atomic E-state index is 13.1. The van der Waals surface area contributed by atoms with Crippen LogP contribution in [-0.4, -0.2) is 26.2 Å². The van der Waals surface area contributed by atoms with Crippen LogP contribution in [0.1, 0.15) is 15.9 Å². The summed E-state index contributed by atoms with van der Waals surface area (Å²) in [5.41, 5.74) is 1.30. The lowest BCUT2D eigenvalue weighted by molar-refractivity contribution is 0.0953. The summed E-state index contributed by atoms with van der Waals surface area (Å²) in [5.74, 6) is 0.530. The predicted octanol–water partition coefficient (Wildman–Crippen LogP) is 3.37. The molecule has 2 rings (SSSR count). The first-order valence-corrected chi connectivity index (χ1v) is 7.58. The second kappa shape index (κ2) is 8.72. The Morgan fingerprint density at radius 2 is 2.08 bits per heavy atom. The molecule has 4 nitrogen and oxygen atoms in total. The predicted molar refractivity (Wildman–Crippen MR) is 91.1 cm³/mol. The van der Waals surface area contributed by atoms with Crippen LogP contribution in [0.2, 0.25) is 0 Å². The molecule has 0 bridgehead atoms. The van der Waals surface area contributed by atoms with Crippen molar-refractivity contribution < 1.29 is 18.7 Å². The minimum absolute atomic E-state index is 0.222. The number of rotatable bonds is 8. The van der Waals surface area contributed by atoms with Gasteiger partial charge in [-0.15, -0.1) is 0 Å². The zero-order chi connectivity index (χ0) is 17.4. The van der Waals surface area contributed by atoms with E-state index in [2.05, 4.69) is 11.9 Å². The van der Waals surface area contributed by atoms with Gasteiger partial charge in [0, 0.05) is 12.1 Å². The van der Waals surface area contributed by atoms with Gasteiger partial charge in [-0.1, -0.05) is 24.8 Å².